The maximum Gasteiger partial charge on any atom is 0.387 e. The maximum absolute atomic E-state index is 13.1. The molecule has 25 heavy (non-hydrogen) atoms. The standard InChI is InChI=1S/C17H13F4NO3/c1-24-15-8-10(2-6-14(15)25-17(20)21)3-7-16(23)22-11-4-5-12(18)13(19)9-11/h2-9,17H,1H3,(H,22,23)/b7-3+. The van der Waals surface area contributed by atoms with Gasteiger partial charge in [-0.2, -0.15) is 8.78 Å². The number of halogens is 4. The molecular formula is C17H13F4NO3. The minimum atomic E-state index is -2.99. The minimum absolute atomic E-state index is 0.0727. The van der Waals surface area contributed by atoms with Gasteiger partial charge in [-0.25, -0.2) is 8.78 Å². The number of anilines is 1. The highest BCUT2D eigenvalue weighted by Crippen LogP contribution is 2.29. The van der Waals surface area contributed by atoms with Crippen molar-refractivity contribution < 1.29 is 31.8 Å². The quantitative estimate of drug-likeness (QED) is 0.623. The smallest absolute Gasteiger partial charge is 0.387 e. The first-order chi connectivity index (χ1) is 11.9. The number of amides is 1. The van der Waals surface area contributed by atoms with Crippen LogP contribution in [0, 0.1) is 11.6 Å². The third-order valence-corrected chi connectivity index (χ3v) is 3.02. The summed E-state index contributed by atoms with van der Waals surface area (Å²) in [5.41, 5.74) is 0.575. The van der Waals surface area contributed by atoms with Crippen molar-refractivity contribution in [1.82, 2.24) is 0 Å². The lowest BCUT2D eigenvalue weighted by Crippen LogP contribution is -2.08. The number of alkyl halides is 2. The SMILES string of the molecule is COc1cc(/C=C/C(=O)Nc2ccc(F)c(F)c2)ccc1OC(F)F. The topological polar surface area (TPSA) is 47.6 Å². The Kier molecular flexibility index (Phi) is 5.99. The highest BCUT2D eigenvalue weighted by atomic mass is 19.3. The average molecular weight is 355 g/mol. The molecule has 8 heteroatoms. The molecule has 0 aliphatic heterocycles. The Morgan fingerprint density at radius 3 is 2.48 bits per heavy atom. The lowest BCUT2D eigenvalue weighted by atomic mass is 10.2. The summed E-state index contributed by atoms with van der Waals surface area (Å²) in [6.45, 7) is -2.99. The summed E-state index contributed by atoms with van der Waals surface area (Å²) >= 11 is 0. The molecule has 0 atom stereocenters. The van der Waals surface area contributed by atoms with Gasteiger partial charge in [0.25, 0.3) is 0 Å². The molecule has 2 aromatic carbocycles. The Labute approximate surface area is 140 Å². The molecule has 0 fully saturated rings. The molecule has 2 aromatic rings. The number of methoxy groups -OCH3 is 1. The highest BCUT2D eigenvalue weighted by molar-refractivity contribution is 6.01. The van der Waals surface area contributed by atoms with E-state index in [9.17, 15) is 22.4 Å². The van der Waals surface area contributed by atoms with Crippen molar-refractivity contribution in [2.24, 2.45) is 0 Å². The van der Waals surface area contributed by atoms with E-state index in [1.54, 1.807) is 0 Å². The number of hydrogen-bond acceptors (Lipinski definition) is 3. The van der Waals surface area contributed by atoms with E-state index in [0.717, 1.165) is 18.2 Å². The molecule has 0 aliphatic carbocycles. The normalized spacial score (nSPS) is 11.0. The highest BCUT2D eigenvalue weighted by Gasteiger charge is 2.10. The second kappa shape index (κ2) is 8.18. The number of ether oxygens (including phenoxy) is 2. The van der Waals surface area contributed by atoms with Gasteiger partial charge in [0, 0.05) is 17.8 Å². The summed E-state index contributed by atoms with van der Waals surface area (Å²) in [4.78, 5) is 11.8. The predicted molar refractivity (Wildman–Crippen MR) is 83.6 cm³/mol. The Morgan fingerprint density at radius 2 is 1.84 bits per heavy atom. The number of rotatable bonds is 6. The summed E-state index contributed by atoms with van der Waals surface area (Å²) in [6, 6.07) is 7.07. The van der Waals surface area contributed by atoms with Crippen LogP contribution in [0.15, 0.2) is 42.5 Å². The van der Waals surface area contributed by atoms with Gasteiger partial charge in [-0.15, -0.1) is 0 Å². The van der Waals surface area contributed by atoms with E-state index in [2.05, 4.69) is 10.1 Å². The molecule has 0 saturated heterocycles. The lowest BCUT2D eigenvalue weighted by molar-refractivity contribution is -0.111. The molecule has 0 aliphatic rings. The van der Waals surface area contributed by atoms with Crippen molar-refractivity contribution in [3.63, 3.8) is 0 Å². The Morgan fingerprint density at radius 1 is 1.08 bits per heavy atom. The summed E-state index contributed by atoms with van der Waals surface area (Å²) in [6.07, 6.45) is 2.54. The molecule has 132 valence electrons. The van der Waals surface area contributed by atoms with Crippen molar-refractivity contribution in [2.75, 3.05) is 12.4 Å². The summed E-state index contributed by atoms with van der Waals surface area (Å²) < 4.78 is 59.6. The summed E-state index contributed by atoms with van der Waals surface area (Å²) in [5.74, 6) is -2.75. The van der Waals surface area contributed by atoms with Gasteiger partial charge in [-0.3, -0.25) is 4.79 Å². The second-order valence-electron chi connectivity index (χ2n) is 4.74. The number of carbonyl (C=O) groups excluding carboxylic acids is 1. The third kappa shape index (κ3) is 5.23. The van der Waals surface area contributed by atoms with Gasteiger partial charge in [0.2, 0.25) is 5.91 Å². The van der Waals surface area contributed by atoms with Crippen LogP contribution in [-0.4, -0.2) is 19.6 Å². The average Bonchev–Trinajstić information content (AvgIpc) is 2.57. The van der Waals surface area contributed by atoms with Crippen molar-refractivity contribution in [2.45, 2.75) is 6.61 Å². The van der Waals surface area contributed by atoms with Gasteiger partial charge in [0.05, 0.1) is 7.11 Å². The van der Waals surface area contributed by atoms with E-state index >= 15 is 0 Å². The lowest BCUT2D eigenvalue weighted by Gasteiger charge is -2.10. The van der Waals surface area contributed by atoms with Crippen LogP contribution in [0.2, 0.25) is 0 Å². The van der Waals surface area contributed by atoms with E-state index in [0.29, 0.717) is 5.56 Å². The molecule has 0 heterocycles. The molecule has 4 nitrogen and oxygen atoms in total. The zero-order chi connectivity index (χ0) is 18.4. The fourth-order valence-corrected chi connectivity index (χ4v) is 1.91. The zero-order valence-corrected chi connectivity index (χ0v) is 12.9. The summed E-state index contributed by atoms with van der Waals surface area (Å²) in [7, 11) is 1.29. The van der Waals surface area contributed by atoms with Gasteiger partial charge in [0.15, 0.2) is 23.1 Å². The molecule has 2 rings (SSSR count). The molecule has 0 unspecified atom stereocenters. The van der Waals surface area contributed by atoms with Gasteiger partial charge >= 0.3 is 6.61 Å². The first-order valence-corrected chi connectivity index (χ1v) is 6.96. The van der Waals surface area contributed by atoms with Crippen LogP contribution in [0.4, 0.5) is 23.2 Å². The first kappa shape index (κ1) is 18.3. The molecule has 0 aromatic heterocycles. The summed E-state index contributed by atoms with van der Waals surface area (Å²) in [5, 5.41) is 2.36. The minimum Gasteiger partial charge on any atom is -0.493 e. The molecule has 1 amide bonds. The Hall–Kier alpha value is -3.03. The fraction of sp³-hybridized carbons (Fsp3) is 0.118. The maximum atomic E-state index is 13.1. The van der Waals surface area contributed by atoms with Crippen LogP contribution in [0.25, 0.3) is 6.08 Å². The van der Waals surface area contributed by atoms with Gasteiger partial charge in [-0.1, -0.05) is 6.07 Å². The predicted octanol–water partition coefficient (Wildman–Crippen LogP) is 4.23. The van der Waals surface area contributed by atoms with Crippen LogP contribution in [0.3, 0.4) is 0 Å². The molecule has 0 saturated carbocycles. The fourth-order valence-electron chi connectivity index (χ4n) is 1.91. The van der Waals surface area contributed by atoms with Crippen molar-refractivity contribution in [3.05, 3.63) is 59.7 Å². The van der Waals surface area contributed by atoms with E-state index in [-0.39, 0.29) is 17.2 Å². The largest absolute Gasteiger partial charge is 0.493 e. The molecule has 0 bridgehead atoms. The monoisotopic (exact) mass is 355 g/mol. The van der Waals surface area contributed by atoms with Crippen molar-refractivity contribution >= 4 is 17.7 Å². The second-order valence-corrected chi connectivity index (χ2v) is 4.74. The Balaban J connectivity index is 2.07. The van der Waals surface area contributed by atoms with Crippen molar-refractivity contribution in [3.8, 4) is 11.5 Å². The first-order valence-electron chi connectivity index (χ1n) is 6.96. The van der Waals surface area contributed by atoms with E-state index < -0.39 is 24.2 Å². The van der Waals surface area contributed by atoms with Crippen LogP contribution in [0.5, 0.6) is 11.5 Å². The third-order valence-electron chi connectivity index (χ3n) is 3.02. The molecule has 0 spiro atoms. The van der Waals surface area contributed by atoms with E-state index in [4.69, 9.17) is 4.74 Å². The number of carbonyl (C=O) groups is 1. The number of hydrogen-bond donors (Lipinski definition) is 1. The van der Waals surface area contributed by atoms with Crippen LogP contribution >= 0.6 is 0 Å². The zero-order valence-electron chi connectivity index (χ0n) is 12.9. The van der Waals surface area contributed by atoms with E-state index in [1.165, 1.54) is 37.5 Å². The number of nitrogens with one attached hydrogen (secondary N) is 1. The molecule has 1 N–H and O–H groups in total. The van der Waals surface area contributed by atoms with Gasteiger partial charge in [-0.05, 0) is 35.9 Å². The van der Waals surface area contributed by atoms with Gasteiger partial charge in [0.1, 0.15) is 0 Å². The molecular weight excluding hydrogens is 342 g/mol. The van der Waals surface area contributed by atoms with Crippen LogP contribution in [0.1, 0.15) is 5.56 Å². The number of benzene rings is 2. The molecule has 0 radical (unpaired) electrons. The van der Waals surface area contributed by atoms with E-state index in [1.807, 2.05) is 0 Å². The van der Waals surface area contributed by atoms with Crippen LogP contribution < -0.4 is 14.8 Å². The Bertz CT molecular complexity index is 793. The van der Waals surface area contributed by atoms with Gasteiger partial charge < -0.3 is 14.8 Å². The van der Waals surface area contributed by atoms with Crippen LogP contribution in [-0.2, 0) is 4.79 Å². The van der Waals surface area contributed by atoms with Crippen molar-refractivity contribution in [1.29, 1.82) is 0 Å².